The lowest BCUT2D eigenvalue weighted by Gasteiger charge is -2.36. The number of ether oxygens (including phenoxy) is 1. The number of para-hydroxylation sites is 1. The van der Waals surface area contributed by atoms with Crippen LogP contribution in [0.1, 0.15) is 28.4 Å². The van der Waals surface area contributed by atoms with Gasteiger partial charge in [-0.1, -0.05) is 66.2 Å². The van der Waals surface area contributed by atoms with Crippen molar-refractivity contribution in [3.63, 3.8) is 0 Å². The molecule has 0 spiro atoms. The number of benzene rings is 3. The van der Waals surface area contributed by atoms with E-state index < -0.39 is 12.1 Å². The van der Waals surface area contributed by atoms with Crippen molar-refractivity contribution in [3.8, 4) is 5.75 Å². The highest BCUT2D eigenvalue weighted by Crippen LogP contribution is 2.40. The Bertz CT molecular complexity index is 1000. The van der Waals surface area contributed by atoms with Gasteiger partial charge in [-0.3, -0.25) is 9.69 Å². The molecule has 0 aliphatic carbocycles. The van der Waals surface area contributed by atoms with Crippen molar-refractivity contribution in [3.05, 3.63) is 95.0 Å². The zero-order chi connectivity index (χ0) is 18.8. The molecule has 0 radical (unpaired) electrons. The number of carbonyl (C=O) groups is 2. The number of ketones is 1. The van der Waals surface area contributed by atoms with Crippen LogP contribution in [0.2, 0.25) is 5.02 Å². The van der Waals surface area contributed by atoms with Crippen molar-refractivity contribution in [1.82, 2.24) is 0 Å². The van der Waals surface area contributed by atoms with E-state index in [4.69, 9.17) is 16.3 Å². The van der Waals surface area contributed by atoms with E-state index in [-0.39, 0.29) is 12.2 Å². The van der Waals surface area contributed by atoms with E-state index in [0.29, 0.717) is 22.0 Å². The van der Waals surface area contributed by atoms with Gasteiger partial charge in [-0.05, 0) is 24.3 Å². The van der Waals surface area contributed by atoms with Crippen LogP contribution in [0.25, 0.3) is 0 Å². The molecule has 27 heavy (non-hydrogen) atoms. The minimum Gasteiger partial charge on any atom is -0.410 e. The first kappa shape index (κ1) is 17.3. The van der Waals surface area contributed by atoms with Gasteiger partial charge in [0.15, 0.2) is 5.78 Å². The third kappa shape index (κ3) is 3.44. The first-order valence-electron chi connectivity index (χ1n) is 8.57. The second-order valence-electron chi connectivity index (χ2n) is 6.26. The molecule has 1 heterocycles. The van der Waals surface area contributed by atoms with Gasteiger partial charge in [0.2, 0.25) is 0 Å². The summed E-state index contributed by atoms with van der Waals surface area (Å²) >= 11 is 6.12. The van der Waals surface area contributed by atoms with E-state index in [0.717, 1.165) is 5.56 Å². The van der Waals surface area contributed by atoms with Crippen LogP contribution in [0.4, 0.5) is 10.5 Å². The summed E-state index contributed by atoms with van der Waals surface area (Å²) in [5.41, 5.74) is 1.99. The summed E-state index contributed by atoms with van der Waals surface area (Å²) in [6.07, 6.45) is -0.385. The molecule has 1 atom stereocenters. The summed E-state index contributed by atoms with van der Waals surface area (Å²) in [4.78, 5) is 27.1. The Labute approximate surface area is 161 Å². The van der Waals surface area contributed by atoms with Gasteiger partial charge in [0.05, 0.1) is 6.04 Å². The predicted octanol–water partition coefficient (Wildman–Crippen LogP) is 5.67. The fourth-order valence-corrected chi connectivity index (χ4v) is 3.47. The Morgan fingerprint density at radius 2 is 1.70 bits per heavy atom. The molecule has 4 rings (SSSR count). The maximum absolute atomic E-state index is 12.9. The monoisotopic (exact) mass is 377 g/mol. The molecule has 1 aliphatic heterocycles. The number of Topliss-reactive ketones (excluding diaryl/α,β-unsaturated/α-hetero) is 1. The molecule has 1 unspecified atom stereocenters. The summed E-state index contributed by atoms with van der Waals surface area (Å²) in [6.45, 7) is 0. The molecule has 0 bridgehead atoms. The topological polar surface area (TPSA) is 46.6 Å². The lowest BCUT2D eigenvalue weighted by atomic mass is 9.94. The van der Waals surface area contributed by atoms with Crippen molar-refractivity contribution >= 4 is 29.2 Å². The fraction of sp³-hybridized carbons (Fsp3) is 0.0909. The van der Waals surface area contributed by atoms with Gasteiger partial charge in [0, 0.05) is 28.3 Å². The van der Waals surface area contributed by atoms with Crippen LogP contribution < -0.4 is 9.64 Å². The van der Waals surface area contributed by atoms with Crippen molar-refractivity contribution < 1.29 is 14.3 Å². The second kappa shape index (κ2) is 7.25. The van der Waals surface area contributed by atoms with Gasteiger partial charge in [-0.2, -0.15) is 0 Å². The zero-order valence-corrected chi connectivity index (χ0v) is 15.1. The van der Waals surface area contributed by atoms with Crippen LogP contribution in [0, 0.1) is 0 Å². The third-order valence-electron chi connectivity index (χ3n) is 4.54. The van der Waals surface area contributed by atoms with Gasteiger partial charge in [-0.25, -0.2) is 4.79 Å². The maximum Gasteiger partial charge on any atom is 0.420 e. The molecule has 3 aromatic rings. The fourth-order valence-electron chi connectivity index (χ4n) is 3.29. The van der Waals surface area contributed by atoms with Crippen molar-refractivity contribution in [1.29, 1.82) is 0 Å². The predicted molar refractivity (Wildman–Crippen MR) is 105 cm³/mol. The second-order valence-corrected chi connectivity index (χ2v) is 6.70. The van der Waals surface area contributed by atoms with Crippen molar-refractivity contribution in [2.24, 2.45) is 0 Å². The minimum absolute atomic E-state index is 0.0443. The Morgan fingerprint density at radius 3 is 2.48 bits per heavy atom. The van der Waals surface area contributed by atoms with Gasteiger partial charge in [0.25, 0.3) is 0 Å². The van der Waals surface area contributed by atoms with Crippen LogP contribution in [0.15, 0.2) is 78.9 Å². The number of anilines is 1. The van der Waals surface area contributed by atoms with Gasteiger partial charge < -0.3 is 4.74 Å². The Morgan fingerprint density at radius 1 is 0.963 bits per heavy atom. The van der Waals surface area contributed by atoms with Crippen LogP contribution >= 0.6 is 11.6 Å². The van der Waals surface area contributed by atoms with E-state index in [1.165, 1.54) is 4.90 Å². The van der Waals surface area contributed by atoms with Gasteiger partial charge in [0.1, 0.15) is 5.75 Å². The van der Waals surface area contributed by atoms with E-state index in [1.54, 1.807) is 48.5 Å². The molecule has 4 nitrogen and oxygen atoms in total. The van der Waals surface area contributed by atoms with Gasteiger partial charge in [-0.15, -0.1) is 0 Å². The highest BCUT2D eigenvalue weighted by atomic mass is 35.5. The van der Waals surface area contributed by atoms with Crippen molar-refractivity contribution in [2.75, 3.05) is 4.90 Å². The smallest absolute Gasteiger partial charge is 0.410 e. The van der Waals surface area contributed by atoms with Gasteiger partial charge >= 0.3 is 6.09 Å². The molecular formula is C22H16ClNO3. The highest BCUT2D eigenvalue weighted by molar-refractivity contribution is 6.30. The number of hydrogen-bond acceptors (Lipinski definition) is 3. The minimum atomic E-state index is -0.526. The average molecular weight is 378 g/mol. The van der Waals surface area contributed by atoms with Crippen LogP contribution in [0.5, 0.6) is 5.75 Å². The number of rotatable bonds is 4. The molecule has 3 aromatic carbocycles. The van der Waals surface area contributed by atoms with Crippen LogP contribution in [-0.2, 0) is 0 Å². The molecule has 0 N–H and O–H groups in total. The molecule has 134 valence electrons. The van der Waals surface area contributed by atoms with E-state index >= 15 is 0 Å². The highest BCUT2D eigenvalue weighted by Gasteiger charge is 2.36. The molecule has 0 aromatic heterocycles. The van der Waals surface area contributed by atoms with Crippen LogP contribution in [-0.4, -0.2) is 11.9 Å². The number of nitrogens with zero attached hydrogens (tertiary/aromatic N) is 1. The molecular weight excluding hydrogens is 362 g/mol. The first-order valence-corrected chi connectivity index (χ1v) is 8.95. The van der Waals surface area contributed by atoms with Crippen molar-refractivity contribution in [2.45, 2.75) is 12.5 Å². The quantitative estimate of drug-likeness (QED) is 0.550. The normalized spacial score (nSPS) is 15.8. The molecule has 1 amide bonds. The van der Waals surface area contributed by atoms with E-state index in [2.05, 4.69) is 0 Å². The zero-order valence-electron chi connectivity index (χ0n) is 14.3. The molecule has 0 saturated carbocycles. The lowest BCUT2D eigenvalue weighted by molar-refractivity contribution is 0.0971. The number of halogens is 1. The van der Waals surface area contributed by atoms with E-state index in [9.17, 15) is 9.59 Å². The molecule has 0 fully saturated rings. The molecule has 1 aliphatic rings. The standard InChI is InChI=1S/C22H16ClNO3/c23-16-9-6-10-17(13-16)24-19(14-20(25)15-7-2-1-3-8-15)18-11-4-5-12-21(18)27-22(24)26/h1-13,19H,14H2. The van der Waals surface area contributed by atoms with Crippen LogP contribution in [0.3, 0.4) is 0 Å². The molecule has 5 heteroatoms. The summed E-state index contributed by atoms with van der Waals surface area (Å²) in [7, 11) is 0. The summed E-state index contributed by atoms with van der Waals surface area (Å²) in [5, 5.41) is 0.507. The number of amides is 1. The summed E-state index contributed by atoms with van der Waals surface area (Å²) in [6, 6.07) is 22.8. The SMILES string of the molecule is O=C(CC1c2ccccc2OC(=O)N1c1cccc(Cl)c1)c1ccccc1. The third-order valence-corrected chi connectivity index (χ3v) is 4.78. The summed E-state index contributed by atoms with van der Waals surface area (Å²) in [5.74, 6) is 0.434. The number of fused-ring (bicyclic) bond motifs is 1. The number of hydrogen-bond donors (Lipinski definition) is 0. The lowest BCUT2D eigenvalue weighted by Crippen LogP contribution is -2.42. The average Bonchev–Trinajstić information content (AvgIpc) is 2.68. The Balaban J connectivity index is 1.77. The largest absolute Gasteiger partial charge is 0.420 e. The van der Waals surface area contributed by atoms with E-state index in [1.807, 2.05) is 30.3 Å². The maximum atomic E-state index is 12.9. The summed E-state index contributed by atoms with van der Waals surface area (Å²) < 4.78 is 5.49. The Hall–Kier alpha value is -3.11. The molecule has 0 saturated heterocycles. The Kier molecular flexibility index (Phi) is 4.65. The number of carbonyl (C=O) groups excluding carboxylic acids is 2. The first-order chi connectivity index (χ1) is 13.1.